The molecule has 0 amide bonds. The highest BCUT2D eigenvalue weighted by atomic mass is 14.0. The fraction of sp³-hybridized carbons (Fsp3) is 1.00. The van der Waals surface area contributed by atoms with Crippen LogP contribution >= 0.6 is 0 Å². The third-order valence-corrected chi connectivity index (χ3v) is 9.41. The summed E-state index contributed by atoms with van der Waals surface area (Å²) in [6.07, 6.45) is 55.8. The summed E-state index contributed by atoms with van der Waals surface area (Å²) in [4.78, 5) is 0. The SMILES string of the molecule is CCCCCCCCCCCCCCCCCCCC.CCCCCCCCCCCCCCCCCCCCCC. The maximum absolute atomic E-state index is 2.30. The van der Waals surface area contributed by atoms with E-state index in [2.05, 4.69) is 27.7 Å². The molecule has 0 radical (unpaired) electrons. The Balaban J connectivity index is 0. The van der Waals surface area contributed by atoms with Crippen molar-refractivity contribution in [1.29, 1.82) is 0 Å². The van der Waals surface area contributed by atoms with Gasteiger partial charge in [0, 0.05) is 0 Å². The van der Waals surface area contributed by atoms with Crippen LogP contribution in [0.4, 0.5) is 0 Å². The molecule has 0 heteroatoms. The van der Waals surface area contributed by atoms with E-state index in [9.17, 15) is 0 Å². The summed E-state index contributed by atoms with van der Waals surface area (Å²) < 4.78 is 0. The summed E-state index contributed by atoms with van der Waals surface area (Å²) in [6.45, 7) is 9.19. The van der Waals surface area contributed by atoms with Crippen molar-refractivity contribution in [3.05, 3.63) is 0 Å². The number of rotatable bonds is 36. The van der Waals surface area contributed by atoms with Gasteiger partial charge in [0.25, 0.3) is 0 Å². The van der Waals surface area contributed by atoms with Gasteiger partial charge in [0.15, 0.2) is 0 Å². The van der Waals surface area contributed by atoms with Crippen molar-refractivity contribution in [2.45, 2.75) is 272 Å². The molecule has 0 aliphatic heterocycles. The van der Waals surface area contributed by atoms with Crippen LogP contribution in [0.2, 0.25) is 0 Å². The van der Waals surface area contributed by atoms with Crippen molar-refractivity contribution >= 4 is 0 Å². The first-order valence-corrected chi connectivity index (χ1v) is 20.8. The monoisotopic (exact) mass is 593 g/mol. The molecule has 0 rings (SSSR count). The molecule has 0 nitrogen and oxygen atoms in total. The minimum Gasteiger partial charge on any atom is -0.0654 e. The lowest BCUT2D eigenvalue weighted by atomic mass is 10.0. The Morgan fingerprint density at radius 2 is 0.190 bits per heavy atom. The molecule has 256 valence electrons. The minimum absolute atomic E-state index is 1.37. The van der Waals surface area contributed by atoms with Crippen LogP contribution in [0.1, 0.15) is 272 Å². The second-order valence-electron chi connectivity index (χ2n) is 14.0. The van der Waals surface area contributed by atoms with Gasteiger partial charge in [0.1, 0.15) is 0 Å². The lowest BCUT2D eigenvalue weighted by Crippen LogP contribution is -1.84. The second kappa shape index (κ2) is 45.4. The van der Waals surface area contributed by atoms with Gasteiger partial charge >= 0.3 is 0 Å². The predicted octanol–water partition coefficient (Wildman–Crippen LogP) is 16.9. The molecule has 42 heavy (non-hydrogen) atoms. The van der Waals surface area contributed by atoms with E-state index in [0.29, 0.717) is 0 Å². The summed E-state index contributed by atoms with van der Waals surface area (Å²) >= 11 is 0. The highest BCUT2D eigenvalue weighted by Gasteiger charge is 1.96. The van der Waals surface area contributed by atoms with Gasteiger partial charge in [-0.05, 0) is 0 Å². The van der Waals surface area contributed by atoms with E-state index in [4.69, 9.17) is 0 Å². The molecule has 0 saturated heterocycles. The van der Waals surface area contributed by atoms with Crippen molar-refractivity contribution in [2.75, 3.05) is 0 Å². The van der Waals surface area contributed by atoms with Crippen molar-refractivity contribution in [2.24, 2.45) is 0 Å². The Bertz CT molecular complexity index is 361. The largest absolute Gasteiger partial charge is 0.0654 e. The van der Waals surface area contributed by atoms with Crippen LogP contribution in [0.3, 0.4) is 0 Å². The van der Waals surface area contributed by atoms with E-state index in [1.165, 1.54) is 244 Å². The topological polar surface area (TPSA) is 0 Å². The molecule has 0 aromatic heterocycles. The zero-order valence-electron chi connectivity index (χ0n) is 30.9. The maximum Gasteiger partial charge on any atom is -0.0533 e. The summed E-state index contributed by atoms with van der Waals surface area (Å²) in [5, 5.41) is 0. The van der Waals surface area contributed by atoms with Crippen LogP contribution in [0, 0.1) is 0 Å². The lowest BCUT2D eigenvalue weighted by Gasteiger charge is -2.03. The van der Waals surface area contributed by atoms with Crippen molar-refractivity contribution in [3.8, 4) is 0 Å². The Morgan fingerprint density at radius 3 is 0.262 bits per heavy atom. The Morgan fingerprint density at radius 1 is 0.119 bits per heavy atom. The predicted molar refractivity (Wildman–Crippen MR) is 198 cm³/mol. The Hall–Kier alpha value is 0. The normalized spacial score (nSPS) is 11.1. The molecule has 0 aliphatic carbocycles. The zero-order valence-corrected chi connectivity index (χ0v) is 30.9. The molecule has 0 aromatic rings. The highest BCUT2D eigenvalue weighted by Crippen LogP contribution is 2.16. The van der Waals surface area contributed by atoms with Gasteiger partial charge < -0.3 is 0 Å². The number of hydrogen-bond acceptors (Lipinski definition) is 0. The van der Waals surface area contributed by atoms with Gasteiger partial charge in [-0.15, -0.1) is 0 Å². The molecule has 0 fully saturated rings. The molecule has 0 bridgehead atoms. The lowest BCUT2D eigenvalue weighted by molar-refractivity contribution is 0.523. The number of unbranched alkanes of at least 4 members (excludes halogenated alkanes) is 36. The quantitative estimate of drug-likeness (QED) is 0.0635. The average molecular weight is 593 g/mol. The summed E-state index contributed by atoms with van der Waals surface area (Å²) in [5.41, 5.74) is 0. The summed E-state index contributed by atoms with van der Waals surface area (Å²) in [5.74, 6) is 0. The van der Waals surface area contributed by atoms with E-state index in [1.807, 2.05) is 0 Å². The van der Waals surface area contributed by atoms with Crippen LogP contribution in [-0.4, -0.2) is 0 Å². The molecule has 0 saturated carbocycles. The van der Waals surface area contributed by atoms with Crippen LogP contribution < -0.4 is 0 Å². The third kappa shape index (κ3) is 46.9. The zero-order chi connectivity index (χ0) is 30.9. The standard InChI is InChI=1S/C22H46.C20H42/c1-3-5-7-9-11-13-15-17-19-21-22-20-18-16-14-12-10-8-6-4-2;1-3-5-7-9-11-13-15-17-19-20-18-16-14-12-10-8-6-4-2/h3-22H2,1-2H3;3-20H2,1-2H3. The van der Waals surface area contributed by atoms with Crippen LogP contribution in [0.5, 0.6) is 0 Å². The van der Waals surface area contributed by atoms with Gasteiger partial charge in [0.2, 0.25) is 0 Å². The smallest absolute Gasteiger partial charge is 0.0533 e. The van der Waals surface area contributed by atoms with E-state index in [0.717, 1.165) is 0 Å². The summed E-state index contributed by atoms with van der Waals surface area (Å²) in [6, 6.07) is 0. The fourth-order valence-corrected chi connectivity index (χ4v) is 6.30. The molecular formula is C42H88. The van der Waals surface area contributed by atoms with Crippen LogP contribution in [0.15, 0.2) is 0 Å². The first-order valence-electron chi connectivity index (χ1n) is 20.8. The van der Waals surface area contributed by atoms with Gasteiger partial charge in [-0.3, -0.25) is 0 Å². The molecule has 0 heterocycles. The van der Waals surface area contributed by atoms with E-state index >= 15 is 0 Å². The number of hydrogen-bond donors (Lipinski definition) is 0. The third-order valence-electron chi connectivity index (χ3n) is 9.41. The van der Waals surface area contributed by atoms with E-state index in [1.54, 1.807) is 0 Å². The van der Waals surface area contributed by atoms with Gasteiger partial charge in [-0.2, -0.15) is 0 Å². The highest BCUT2D eigenvalue weighted by molar-refractivity contribution is 4.52. The van der Waals surface area contributed by atoms with Crippen LogP contribution in [-0.2, 0) is 0 Å². The van der Waals surface area contributed by atoms with Crippen molar-refractivity contribution < 1.29 is 0 Å². The maximum atomic E-state index is 2.30. The minimum atomic E-state index is 1.37. The van der Waals surface area contributed by atoms with Crippen molar-refractivity contribution in [1.82, 2.24) is 0 Å². The van der Waals surface area contributed by atoms with E-state index < -0.39 is 0 Å². The summed E-state index contributed by atoms with van der Waals surface area (Å²) in [7, 11) is 0. The molecule has 0 spiro atoms. The molecule has 0 aromatic carbocycles. The average Bonchev–Trinajstić information content (AvgIpc) is 3.00. The molecule has 0 N–H and O–H groups in total. The van der Waals surface area contributed by atoms with Crippen molar-refractivity contribution in [3.63, 3.8) is 0 Å². The fourth-order valence-electron chi connectivity index (χ4n) is 6.30. The van der Waals surface area contributed by atoms with Gasteiger partial charge in [0.05, 0.1) is 0 Å². The molecule has 0 atom stereocenters. The van der Waals surface area contributed by atoms with Crippen LogP contribution in [0.25, 0.3) is 0 Å². The Kier molecular flexibility index (Phi) is 47.7. The van der Waals surface area contributed by atoms with E-state index in [-0.39, 0.29) is 0 Å². The first-order chi connectivity index (χ1) is 20.8. The van der Waals surface area contributed by atoms with Gasteiger partial charge in [-0.1, -0.05) is 272 Å². The van der Waals surface area contributed by atoms with Gasteiger partial charge in [-0.25, -0.2) is 0 Å². The molecular weight excluding hydrogens is 504 g/mol. The first kappa shape index (κ1) is 44.1. The second-order valence-corrected chi connectivity index (χ2v) is 14.0. The molecule has 0 aliphatic rings. The molecule has 0 unspecified atom stereocenters. The Labute approximate surface area is 271 Å².